The minimum absolute atomic E-state index is 0. The first kappa shape index (κ1) is 20.5. The summed E-state index contributed by atoms with van der Waals surface area (Å²) in [6.07, 6.45) is 2.26. The second-order valence-electron chi connectivity index (χ2n) is 7.82. The Morgan fingerprint density at radius 1 is 1.32 bits per heavy atom. The number of carbonyl (C=O) groups is 1. The number of carbonyl (C=O) groups excluding carboxylic acids is 1. The van der Waals surface area contributed by atoms with Gasteiger partial charge in [0.1, 0.15) is 0 Å². The molecule has 2 aliphatic rings. The van der Waals surface area contributed by atoms with Crippen LogP contribution in [0, 0.1) is 5.41 Å². The highest BCUT2D eigenvalue weighted by Crippen LogP contribution is 2.39. The molecule has 0 aromatic heterocycles. The van der Waals surface area contributed by atoms with Crippen LogP contribution < -0.4 is 5.73 Å². The molecule has 2 saturated heterocycles. The number of rotatable bonds is 2. The van der Waals surface area contributed by atoms with E-state index in [1.54, 1.807) is 0 Å². The molecule has 2 heterocycles. The Morgan fingerprint density at radius 3 is 2.60 bits per heavy atom. The first-order valence-corrected chi connectivity index (χ1v) is 9.12. The van der Waals surface area contributed by atoms with Gasteiger partial charge >= 0.3 is 0 Å². The molecule has 0 saturated carbocycles. The zero-order valence-electron chi connectivity index (χ0n) is 15.0. The molecule has 2 N–H and O–H groups in total. The Kier molecular flexibility index (Phi) is 6.42. The van der Waals surface area contributed by atoms with Gasteiger partial charge in [0.2, 0.25) is 5.91 Å². The maximum atomic E-state index is 13.6. The largest absolute Gasteiger partial charge is 0.381 e. The number of piperidine rings is 1. The van der Waals surface area contributed by atoms with Crippen molar-refractivity contribution in [3.63, 3.8) is 0 Å². The Labute approximate surface area is 161 Å². The number of hydrogen-bond donors (Lipinski definition) is 1. The molecule has 1 amide bonds. The van der Waals surface area contributed by atoms with Crippen molar-refractivity contribution in [2.75, 3.05) is 26.3 Å². The van der Waals surface area contributed by atoms with Crippen molar-refractivity contribution in [3.05, 3.63) is 34.9 Å². The number of nitrogens with two attached hydrogens (primary N) is 1. The van der Waals surface area contributed by atoms with E-state index in [2.05, 4.69) is 13.8 Å². The summed E-state index contributed by atoms with van der Waals surface area (Å²) >= 11 is 6.21. The lowest BCUT2D eigenvalue weighted by Crippen LogP contribution is -2.58. The van der Waals surface area contributed by atoms with Crippen molar-refractivity contribution >= 4 is 29.9 Å². The number of hydrogen-bond acceptors (Lipinski definition) is 3. The SMILES string of the molecule is CC1(C)CN(C(=O)C2(c3cccc(Cl)c3)CCOCC2)CCC1N.Cl. The van der Waals surface area contributed by atoms with Crippen LogP contribution in [-0.2, 0) is 14.9 Å². The van der Waals surface area contributed by atoms with E-state index in [0.29, 0.717) is 37.6 Å². The quantitative estimate of drug-likeness (QED) is 0.846. The lowest BCUT2D eigenvalue weighted by molar-refractivity contribution is -0.144. The molecule has 0 radical (unpaired) electrons. The molecule has 1 aromatic rings. The average Bonchev–Trinajstić information content (AvgIpc) is 2.57. The highest BCUT2D eigenvalue weighted by atomic mass is 35.5. The van der Waals surface area contributed by atoms with E-state index in [9.17, 15) is 4.79 Å². The van der Waals surface area contributed by atoms with Gasteiger partial charge in [-0.15, -0.1) is 12.4 Å². The molecular formula is C19H28Cl2N2O2. The van der Waals surface area contributed by atoms with Gasteiger partial charge < -0.3 is 15.4 Å². The summed E-state index contributed by atoms with van der Waals surface area (Å²) in [5.41, 5.74) is 6.66. The standard InChI is InChI=1S/C19H27ClN2O2.ClH/c1-18(2)13-22(9-6-16(18)21)17(23)19(7-10-24-11-8-19)14-4-3-5-15(20)12-14;/h3-5,12,16H,6-11,13,21H2,1-2H3;1H. The molecule has 0 bridgehead atoms. The second-order valence-corrected chi connectivity index (χ2v) is 8.25. The Hall–Kier alpha value is -0.810. The summed E-state index contributed by atoms with van der Waals surface area (Å²) in [7, 11) is 0. The number of nitrogens with zero attached hydrogens (tertiary/aromatic N) is 1. The number of likely N-dealkylation sites (tertiary alicyclic amines) is 1. The number of amides is 1. The number of benzene rings is 1. The van der Waals surface area contributed by atoms with Crippen LogP contribution in [0.5, 0.6) is 0 Å². The first-order chi connectivity index (χ1) is 11.3. The van der Waals surface area contributed by atoms with Crippen molar-refractivity contribution in [2.45, 2.75) is 44.6 Å². The van der Waals surface area contributed by atoms with Crippen LogP contribution in [0.3, 0.4) is 0 Å². The fraction of sp³-hybridized carbons (Fsp3) is 0.632. The summed E-state index contributed by atoms with van der Waals surface area (Å²) < 4.78 is 5.55. The van der Waals surface area contributed by atoms with Gasteiger partial charge in [-0.05, 0) is 42.4 Å². The molecule has 2 aliphatic heterocycles. The van der Waals surface area contributed by atoms with Gasteiger partial charge in [0.05, 0.1) is 5.41 Å². The molecule has 1 unspecified atom stereocenters. The predicted octanol–water partition coefficient (Wildman–Crippen LogP) is 3.40. The van der Waals surface area contributed by atoms with E-state index in [1.807, 2.05) is 29.2 Å². The highest BCUT2D eigenvalue weighted by molar-refractivity contribution is 6.30. The van der Waals surface area contributed by atoms with Crippen LogP contribution in [0.1, 0.15) is 38.7 Å². The van der Waals surface area contributed by atoms with Gasteiger partial charge in [0.15, 0.2) is 0 Å². The van der Waals surface area contributed by atoms with Crippen LogP contribution in [0.2, 0.25) is 5.02 Å². The molecule has 3 rings (SSSR count). The third-order valence-corrected chi connectivity index (χ3v) is 5.97. The summed E-state index contributed by atoms with van der Waals surface area (Å²) in [4.78, 5) is 15.6. The van der Waals surface area contributed by atoms with E-state index < -0.39 is 5.41 Å². The predicted molar refractivity (Wildman–Crippen MR) is 103 cm³/mol. The zero-order chi connectivity index (χ0) is 17.4. The second kappa shape index (κ2) is 7.83. The van der Waals surface area contributed by atoms with Gasteiger partial charge in [0, 0.05) is 37.4 Å². The molecule has 140 valence electrons. The fourth-order valence-corrected chi connectivity index (χ4v) is 4.17. The van der Waals surface area contributed by atoms with Crippen molar-refractivity contribution in [1.29, 1.82) is 0 Å². The summed E-state index contributed by atoms with van der Waals surface area (Å²) in [6, 6.07) is 7.88. The van der Waals surface area contributed by atoms with Crippen molar-refractivity contribution in [3.8, 4) is 0 Å². The lowest BCUT2D eigenvalue weighted by Gasteiger charge is -2.47. The molecule has 1 atom stereocenters. The molecule has 1 aromatic carbocycles. The molecule has 0 spiro atoms. The van der Waals surface area contributed by atoms with Crippen molar-refractivity contribution in [2.24, 2.45) is 11.1 Å². The Morgan fingerprint density at radius 2 is 2.00 bits per heavy atom. The third kappa shape index (κ3) is 3.97. The maximum absolute atomic E-state index is 13.6. The fourth-order valence-electron chi connectivity index (χ4n) is 3.98. The Bertz CT molecular complexity index is 615. The van der Waals surface area contributed by atoms with Crippen LogP contribution in [0.15, 0.2) is 24.3 Å². The van der Waals surface area contributed by atoms with Gasteiger partial charge in [-0.2, -0.15) is 0 Å². The minimum Gasteiger partial charge on any atom is -0.381 e. The van der Waals surface area contributed by atoms with Crippen LogP contribution in [-0.4, -0.2) is 43.2 Å². The summed E-state index contributed by atoms with van der Waals surface area (Å²) in [5, 5.41) is 0.673. The van der Waals surface area contributed by atoms with Gasteiger partial charge in [-0.1, -0.05) is 37.6 Å². The summed E-state index contributed by atoms with van der Waals surface area (Å²) in [6.45, 7) is 6.94. The minimum atomic E-state index is -0.527. The topological polar surface area (TPSA) is 55.6 Å². The van der Waals surface area contributed by atoms with Gasteiger partial charge in [0.25, 0.3) is 0 Å². The van der Waals surface area contributed by atoms with Crippen LogP contribution >= 0.6 is 24.0 Å². The van der Waals surface area contributed by atoms with Crippen LogP contribution in [0.25, 0.3) is 0 Å². The maximum Gasteiger partial charge on any atom is 0.233 e. The van der Waals surface area contributed by atoms with E-state index >= 15 is 0 Å². The number of ether oxygens (including phenoxy) is 1. The molecule has 4 nitrogen and oxygen atoms in total. The molecule has 0 aliphatic carbocycles. The smallest absolute Gasteiger partial charge is 0.233 e. The summed E-state index contributed by atoms with van der Waals surface area (Å²) in [5.74, 6) is 0.202. The Balaban J connectivity index is 0.00000225. The van der Waals surface area contributed by atoms with Crippen molar-refractivity contribution in [1.82, 2.24) is 4.90 Å². The molecule has 6 heteroatoms. The molecule has 25 heavy (non-hydrogen) atoms. The average molecular weight is 387 g/mol. The van der Waals surface area contributed by atoms with E-state index in [1.165, 1.54) is 0 Å². The number of halogens is 2. The zero-order valence-corrected chi connectivity index (χ0v) is 16.5. The van der Waals surface area contributed by atoms with Gasteiger partial charge in [-0.3, -0.25) is 4.79 Å². The third-order valence-electron chi connectivity index (χ3n) is 5.73. The normalized spacial score (nSPS) is 25.1. The van der Waals surface area contributed by atoms with E-state index in [-0.39, 0.29) is 29.8 Å². The van der Waals surface area contributed by atoms with E-state index in [0.717, 1.165) is 18.5 Å². The van der Waals surface area contributed by atoms with Gasteiger partial charge in [-0.25, -0.2) is 0 Å². The molecule has 2 fully saturated rings. The highest BCUT2D eigenvalue weighted by Gasteiger charge is 2.46. The lowest BCUT2D eigenvalue weighted by atomic mass is 9.71. The van der Waals surface area contributed by atoms with Crippen LogP contribution in [0.4, 0.5) is 0 Å². The molecular weight excluding hydrogens is 359 g/mol. The first-order valence-electron chi connectivity index (χ1n) is 8.74. The van der Waals surface area contributed by atoms with E-state index in [4.69, 9.17) is 22.1 Å². The monoisotopic (exact) mass is 386 g/mol. The van der Waals surface area contributed by atoms with Crippen molar-refractivity contribution < 1.29 is 9.53 Å².